The Bertz CT molecular complexity index is 840. The lowest BCUT2D eigenvalue weighted by Crippen LogP contribution is -2.50. The van der Waals surface area contributed by atoms with E-state index in [1.165, 1.54) is 4.31 Å². The van der Waals surface area contributed by atoms with Crippen molar-refractivity contribution in [2.75, 3.05) is 26.2 Å². The van der Waals surface area contributed by atoms with Gasteiger partial charge in [-0.05, 0) is 24.3 Å². The number of halogens is 1. The number of pyridine rings is 1. The summed E-state index contributed by atoms with van der Waals surface area (Å²) < 4.78 is 30.1. The zero-order valence-electron chi connectivity index (χ0n) is 14.2. The Morgan fingerprint density at radius 2 is 1.96 bits per heavy atom. The van der Waals surface area contributed by atoms with Crippen molar-refractivity contribution >= 4 is 21.8 Å². The summed E-state index contributed by atoms with van der Waals surface area (Å²) in [4.78, 5) is 6.24. The second-order valence-electron chi connectivity index (χ2n) is 6.12. The summed E-state index contributed by atoms with van der Waals surface area (Å²) >= 11 is 6.15. The van der Waals surface area contributed by atoms with Crippen molar-refractivity contribution in [3.8, 4) is 5.75 Å². The normalized spacial score (nSPS) is 16.5. The lowest BCUT2D eigenvalue weighted by molar-refractivity contribution is 0.178. The lowest BCUT2D eigenvalue weighted by Gasteiger charge is -2.33. The molecule has 0 bridgehead atoms. The van der Waals surface area contributed by atoms with Crippen molar-refractivity contribution < 1.29 is 13.2 Å². The summed E-state index contributed by atoms with van der Waals surface area (Å²) in [5.41, 5.74) is 1.95. The number of nitrogens with two attached hydrogens (primary N) is 1. The summed E-state index contributed by atoms with van der Waals surface area (Å²) in [5.74, 6) is 0.757. The maximum atomic E-state index is 11.4. The van der Waals surface area contributed by atoms with Crippen LogP contribution >= 0.6 is 11.6 Å². The van der Waals surface area contributed by atoms with Crippen molar-refractivity contribution in [3.63, 3.8) is 0 Å². The molecule has 0 atom stereocenters. The van der Waals surface area contributed by atoms with E-state index < -0.39 is 10.2 Å². The Hall–Kier alpha value is -1.71. The van der Waals surface area contributed by atoms with Crippen molar-refractivity contribution in [2.24, 2.45) is 5.14 Å². The number of benzene rings is 1. The van der Waals surface area contributed by atoms with Gasteiger partial charge in [-0.1, -0.05) is 17.7 Å². The molecule has 0 unspecified atom stereocenters. The van der Waals surface area contributed by atoms with Gasteiger partial charge in [0.05, 0.1) is 0 Å². The molecular formula is C17H21ClN4O3S. The topological polar surface area (TPSA) is 88.8 Å². The molecule has 1 aliphatic heterocycles. The average Bonchev–Trinajstić information content (AvgIpc) is 2.62. The van der Waals surface area contributed by atoms with Gasteiger partial charge in [0.15, 0.2) is 0 Å². The fourth-order valence-corrected chi connectivity index (χ4v) is 3.71. The van der Waals surface area contributed by atoms with E-state index in [9.17, 15) is 8.42 Å². The number of rotatable bonds is 6. The Kier molecular flexibility index (Phi) is 6.10. The van der Waals surface area contributed by atoms with E-state index in [2.05, 4.69) is 9.88 Å². The number of hydrogen-bond acceptors (Lipinski definition) is 5. The lowest BCUT2D eigenvalue weighted by atomic mass is 10.1. The van der Waals surface area contributed by atoms with Gasteiger partial charge in [-0.25, -0.2) is 5.14 Å². The minimum absolute atomic E-state index is 0.380. The van der Waals surface area contributed by atoms with Crippen LogP contribution in [0.15, 0.2) is 42.7 Å². The smallest absolute Gasteiger partial charge is 0.276 e. The quantitative estimate of drug-likeness (QED) is 0.801. The van der Waals surface area contributed by atoms with E-state index >= 15 is 0 Å². The van der Waals surface area contributed by atoms with Crippen molar-refractivity contribution in [3.05, 3.63) is 58.9 Å². The van der Waals surface area contributed by atoms with Gasteiger partial charge in [-0.3, -0.25) is 9.88 Å². The number of piperazine rings is 1. The molecule has 26 heavy (non-hydrogen) atoms. The zero-order valence-corrected chi connectivity index (χ0v) is 15.8. The predicted molar refractivity (Wildman–Crippen MR) is 100.0 cm³/mol. The highest BCUT2D eigenvalue weighted by molar-refractivity contribution is 7.86. The van der Waals surface area contributed by atoms with Crippen molar-refractivity contribution in [2.45, 2.75) is 13.2 Å². The van der Waals surface area contributed by atoms with E-state index in [0.717, 1.165) is 16.9 Å². The maximum Gasteiger partial charge on any atom is 0.276 e. The standard InChI is InChI=1S/C17H21ClN4O3S/c18-16-3-4-17(25-13-14-2-1-5-20-11-14)15(10-16)12-21-6-8-22(9-7-21)26(19,23)24/h1-5,10-11H,6-9,12-13H2,(H2,19,23,24). The molecule has 0 spiro atoms. The van der Waals surface area contributed by atoms with Crippen LogP contribution in [0.4, 0.5) is 0 Å². The summed E-state index contributed by atoms with van der Waals surface area (Å²) in [7, 11) is -3.62. The average molecular weight is 397 g/mol. The van der Waals surface area contributed by atoms with Crippen LogP contribution in [0, 0.1) is 0 Å². The molecule has 2 aromatic rings. The van der Waals surface area contributed by atoms with E-state index in [4.69, 9.17) is 21.5 Å². The van der Waals surface area contributed by atoms with E-state index in [1.54, 1.807) is 18.5 Å². The first kappa shape index (κ1) is 19.1. The molecule has 3 rings (SSSR count). The summed E-state index contributed by atoms with van der Waals surface area (Å²) in [6, 6.07) is 9.35. The predicted octanol–water partition coefficient (Wildman–Crippen LogP) is 1.64. The van der Waals surface area contributed by atoms with Gasteiger partial charge in [0, 0.05) is 61.3 Å². The van der Waals surface area contributed by atoms with Crippen LogP contribution in [-0.2, 0) is 23.4 Å². The minimum atomic E-state index is -3.62. The van der Waals surface area contributed by atoms with Crippen LogP contribution in [0.2, 0.25) is 5.02 Å². The van der Waals surface area contributed by atoms with Gasteiger partial charge in [-0.15, -0.1) is 0 Å². The summed E-state index contributed by atoms with van der Waals surface area (Å²) in [5, 5.41) is 5.82. The fourth-order valence-electron chi connectivity index (χ4n) is 2.84. The van der Waals surface area contributed by atoms with Crippen LogP contribution < -0.4 is 9.88 Å². The number of hydrogen-bond donors (Lipinski definition) is 1. The van der Waals surface area contributed by atoms with Crippen LogP contribution in [0.1, 0.15) is 11.1 Å². The first-order valence-electron chi connectivity index (χ1n) is 8.22. The molecule has 1 aromatic heterocycles. The molecule has 140 valence electrons. The van der Waals surface area contributed by atoms with E-state index in [1.807, 2.05) is 24.3 Å². The SMILES string of the molecule is NS(=O)(=O)N1CCN(Cc2cc(Cl)ccc2OCc2cccnc2)CC1. The van der Waals surface area contributed by atoms with Crippen LogP contribution in [0.3, 0.4) is 0 Å². The molecule has 0 aliphatic carbocycles. The first-order valence-corrected chi connectivity index (χ1v) is 10.1. The highest BCUT2D eigenvalue weighted by atomic mass is 35.5. The second kappa shape index (κ2) is 8.32. The summed E-state index contributed by atoms with van der Waals surface area (Å²) in [6.45, 7) is 3.01. The maximum absolute atomic E-state index is 11.4. The number of aromatic nitrogens is 1. The van der Waals surface area contributed by atoms with Crippen LogP contribution in [0.25, 0.3) is 0 Å². The Morgan fingerprint density at radius 1 is 1.19 bits per heavy atom. The Balaban J connectivity index is 1.65. The van der Waals surface area contributed by atoms with Gasteiger partial charge in [0.25, 0.3) is 10.2 Å². The molecule has 1 aromatic carbocycles. The molecule has 7 nitrogen and oxygen atoms in total. The first-order chi connectivity index (χ1) is 12.4. The molecular weight excluding hydrogens is 376 g/mol. The third-order valence-electron chi connectivity index (χ3n) is 4.22. The Labute approximate surface area is 158 Å². The number of nitrogens with zero attached hydrogens (tertiary/aromatic N) is 3. The highest BCUT2D eigenvalue weighted by Gasteiger charge is 2.24. The van der Waals surface area contributed by atoms with E-state index in [-0.39, 0.29) is 0 Å². The highest BCUT2D eigenvalue weighted by Crippen LogP contribution is 2.25. The number of ether oxygens (including phenoxy) is 1. The van der Waals surface area contributed by atoms with Gasteiger partial charge >= 0.3 is 0 Å². The van der Waals surface area contributed by atoms with Gasteiger partial charge < -0.3 is 4.74 Å². The van der Waals surface area contributed by atoms with Crippen LogP contribution in [0.5, 0.6) is 5.75 Å². The third kappa shape index (κ3) is 5.15. The molecule has 0 radical (unpaired) electrons. The fraction of sp³-hybridized carbons (Fsp3) is 0.353. The third-order valence-corrected chi connectivity index (χ3v) is 5.54. The van der Waals surface area contributed by atoms with Crippen LogP contribution in [-0.4, -0.2) is 48.8 Å². The molecule has 0 amide bonds. The minimum Gasteiger partial charge on any atom is -0.489 e. The molecule has 9 heteroatoms. The van der Waals surface area contributed by atoms with Crippen molar-refractivity contribution in [1.82, 2.24) is 14.2 Å². The van der Waals surface area contributed by atoms with Gasteiger partial charge in [-0.2, -0.15) is 12.7 Å². The second-order valence-corrected chi connectivity index (χ2v) is 8.10. The zero-order chi connectivity index (χ0) is 18.6. The van der Waals surface area contributed by atoms with Crippen molar-refractivity contribution in [1.29, 1.82) is 0 Å². The summed E-state index contributed by atoms with van der Waals surface area (Å²) in [6.07, 6.45) is 3.49. The van der Waals surface area contributed by atoms with E-state index in [0.29, 0.717) is 44.4 Å². The van der Waals surface area contributed by atoms with Gasteiger partial charge in [0.2, 0.25) is 0 Å². The molecule has 1 saturated heterocycles. The monoisotopic (exact) mass is 396 g/mol. The molecule has 1 aliphatic rings. The molecule has 1 fully saturated rings. The Morgan fingerprint density at radius 3 is 2.62 bits per heavy atom. The largest absolute Gasteiger partial charge is 0.489 e. The molecule has 2 N–H and O–H groups in total. The van der Waals surface area contributed by atoms with Gasteiger partial charge in [0.1, 0.15) is 12.4 Å². The molecule has 0 saturated carbocycles. The molecule has 2 heterocycles.